The number of ether oxygens (including phenoxy) is 2. The van der Waals surface area contributed by atoms with Crippen molar-refractivity contribution in [2.45, 2.75) is 19.6 Å². The van der Waals surface area contributed by atoms with Crippen LogP contribution >= 0.6 is 0 Å². The summed E-state index contributed by atoms with van der Waals surface area (Å²) in [5.41, 5.74) is 3.70. The predicted molar refractivity (Wildman–Crippen MR) is 118 cm³/mol. The number of aromatic nitrogens is 1. The van der Waals surface area contributed by atoms with Gasteiger partial charge in [-0.3, -0.25) is 0 Å². The van der Waals surface area contributed by atoms with Crippen LogP contribution in [0, 0.1) is 6.92 Å². The van der Waals surface area contributed by atoms with Crippen molar-refractivity contribution in [1.29, 1.82) is 0 Å². The molecule has 1 unspecified atom stereocenters. The molecule has 4 aromatic rings. The molecule has 0 saturated heterocycles. The zero-order valence-electron chi connectivity index (χ0n) is 17.5. The van der Waals surface area contributed by atoms with Crippen LogP contribution < -0.4 is 10.1 Å². The van der Waals surface area contributed by atoms with Gasteiger partial charge in [-0.1, -0.05) is 48.5 Å². The van der Waals surface area contributed by atoms with Crippen LogP contribution in [0.15, 0.2) is 77.2 Å². The fourth-order valence-corrected chi connectivity index (χ4v) is 3.52. The number of esters is 1. The van der Waals surface area contributed by atoms with Gasteiger partial charge >= 0.3 is 5.97 Å². The summed E-state index contributed by atoms with van der Waals surface area (Å²) in [5, 5.41) is 3.35. The molecule has 0 aliphatic heterocycles. The molecule has 6 heteroatoms. The van der Waals surface area contributed by atoms with Gasteiger partial charge in [0, 0.05) is 12.1 Å². The average molecular weight is 416 g/mol. The number of carbonyl (C=O) groups excluding carboxylic acids is 1. The highest BCUT2D eigenvalue weighted by molar-refractivity contribution is 5.92. The fraction of sp³-hybridized carbons (Fsp3) is 0.200. The molecule has 6 nitrogen and oxygen atoms in total. The van der Waals surface area contributed by atoms with E-state index in [0.717, 1.165) is 22.2 Å². The molecular weight excluding hydrogens is 392 g/mol. The molecule has 0 bridgehead atoms. The molecule has 1 aromatic heterocycles. The Labute approximate surface area is 180 Å². The summed E-state index contributed by atoms with van der Waals surface area (Å²) in [4.78, 5) is 17.0. The molecule has 1 N–H and O–H groups in total. The minimum absolute atomic E-state index is 0.381. The third kappa shape index (κ3) is 4.75. The normalized spacial score (nSPS) is 11.9. The summed E-state index contributed by atoms with van der Waals surface area (Å²) >= 11 is 0. The largest absolute Gasteiger partial charge is 0.484 e. The molecule has 31 heavy (non-hydrogen) atoms. The SMILES string of the molecule is COC(=O)c1c(C)cccc1C(CNCc1nc2ccccc2o1)Oc1ccccc1. The number of methoxy groups -OCH3 is 1. The smallest absolute Gasteiger partial charge is 0.338 e. The topological polar surface area (TPSA) is 73.6 Å². The summed E-state index contributed by atoms with van der Waals surface area (Å²) < 4.78 is 17.1. The molecule has 0 amide bonds. The molecule has 0 aliphatic carbocycles. The Morgan fingerprint density at radius 2 is 1.81 bits per heavy atom. The maximum atomic E-state index is 12.5. The first-order valence-electron chi connectivity index (χ1n) is 10.1. The fourth-order valence-electron chi connectivity index (χ4n) is 3.52. The van der Waals surface area contributed by atoms with Gasteiger partial charge in [0.15, 0.2) is 5.58 Å². The summed E-state index contributed by atoms with van der Waals surface area (Å²) in [5.74, 6) is 0.930. The standard InChI is InChI=1S/C25H24N2O4/c1-17-9-8-12-19(24(17)25(28)29-2)22(30-18-10-4-3-5-11-18)15-26-16-23-27-20-13-6-7-14-21(20)31-23/h3-14,22,26H,15-16H2,1-2H3. The molecule has 0 saturated carbocycles. The Kier molecular flexibility index (Phi) is 6.29. The Morgan fingerprint density at radius 3 is 2.58 bits per heavy atom. The Morgan fingerprint density at radius 1 is 1.03 bits per heavy atom. The minimum Gasteiger partial charge on any atom is -0.484 e. The summed E-state index contributed by atoms with van der Waals surface area (Å²) in [6.07, 6.45) is -0.416. The number of para-hydroxylation sites is 3. The molecule has 4 rings (SSSR count). The zero-order valence-corrected chi connectivity index (χ0v) is 17.5. The first kappa shape index (κ1) is 20.6. The molecular formula is C25H24N2O4. The monoisotopic (exact) mass is 416 g/mol. The van der Waals surface area contributed by atoms with Crippen molar-refractivity contribution in [3.05, 3.63) is 95.4 Å². The van der Waals surface area contributed by atoms with E-state index in [1.807, 2.05) is 79.7 Å². The van der Waals surface area contributed by atoms with Crippen molar-refractivity contribution in [2.24, 2.45) is 0 Å². The van der Waals surface area contributed by atoms with Crippen LogP contribution in [0.1, 0.15) is 33.5 Å². The van der Waals surface area contributed by atoms with Gasteiger partial charge < -0.3 is 19.2 Å². The number of carbonyl (C=O) groups is 1. The van der Waals surface area contributed by atoms with Gasteiger partial charge in [0.2, 0.25) is 5.89 Å². The molecule has 3 aromatic carbocycles. The molecule has 158 valence electrons. The van der Waals surface area contributed by atoms with E-state index in [9.17, 15) is 4.79 Å². The van der Waals surface area contributed by atoms with Gasteiger partial charge in [-0.05, 0) is 36.8 Å². The Hall–Kier alpha value is -3.64. The maximum Gasteiger partial charge on any atom is 0.338 e. The van der Waals surface area contributed by atoms with Crippen LogP contribution in [0.25, 0.3) is 11.1 Å². The molecule has 0 aliphatic rings. The van der Waals surface area contributed by atoms with E-state index in [-0.39, 0.29) is 5.97 Å². The average Bonchev–Trinajstić information content (AvgIpc) is 3.21. The number of aryl methyl sites for hydroxylation is 1. The number of benzene rings is 3. The summed E-state index contributed by atoms with van der Waals surface area (Å²) in [6.45, 7) is 2.77. The highest BCUT2D eigenvalue weighted by Gasteiger charge is 2.23. The van der Waals surface area contributed by atoms with Crippen molar-refractivity contribution in [3.8, 4) is 5.75 Å². The van der Waals surface area contributed by atoms with Gasteiger partial charge in [-0.2, -0.15) is 0 Å². The Balaban J connectivity index is 1.57. The first-order chi connectivity index (χ1) is 15.2. The highest BCUT2D eigenvalue weighted by Crippen LogP contribution is 2.27. The van der Waals surface area contributed by atoms with Crippen LogP contribution in [0.3, 0.4) is 0 Å². The van der Waals surface area contributed by atoms with Gasteiger partial charge in [0.25, 0.3) is 0 Å². The number of nitrogens with zero attached hydrogens (tertiary/aromatic N) is 1. The lowest BCUT2D eigenvalue weighted by atomic mass is 9.97. The maximum absolute atomic E-state index is 12.5. The second-order valence-corrected chi connectivity index (χ2v) is 7.16. The lowest BCUT2D eigenvalue weighted by Crippen LogP contribution is -2.27. The van der Waals surface area contributed by atoms with Gasteiger partial charge in [0.05, 0.1) is 19.2 Å². The molecule has 0 spiro atoms. The second-order valence-electron chi connectivity index (χ2n) is 7.16. The first-order valence-corrected chi connectivity index (χ1v) is 10.1. The third-order valence-electron chi connectivity index (χ3n) is 5.01. The number of fused-ring (bicyclic) bond motifs is 1. The number of hydrogen-bond acceptors (Lipinski definition) is 6. The predicted octanol–water partition coefficient (Wildman–Crippen LogP) is 4.83. The van der Waals surface area contributed by atoms with Crippen LogP contribution in [0.4, 0.5) is 0 Å². The van der Waals surface area contributed by atoms with Gasteiger partial charge in [-0.25, -0.2) is 9.78 Å². The molecule has 1 heterocycles. The zero-order chi connectivity index (χ0) is 21.6. The number of nitrogens with one attached hydrogen (secondary N) is 1. The molecule has 1 atom stereocenters. The van der Waals surface area contributed by atoms with E-state index >= 15 is 0 Å². The van der Waals surface area contributed by atoms with Crippen LogP contribution in [0.2, 0.25) is 0 Å². The van der Waals surface area contributed by atoms with E-state index in [2.05, 4.69) is 10.3 Å². The van der Waals surface area contributed by atoms with E-state index < -0.39 is 6.10 Å². The third-order valence-corrected chi connectivity index (χ3v) is 5.01. The van der Waals surface area contributed by atoms with Crippen LogP contribution in [-0.4, -0.2) is 24.6 Å². The van der Waals surface area contributed by atoms with E-state index in [0.29, 0.717) is 30.3 Å². The number of hydrogen-bond donors (Lipinski definition) is 1. The van der Waals surface area contributed by atoms with E-state index in [1.165, 1.54) is 7.11 Å². The summed E-state index contributed by atoms with van der Waals surface area (Å²) in [6, 6.07) is 22.9. The molecule has 0 radical (unpaired) electrons. The number of oxazole rings is 1. The van der Waals surface area contributed by atoms with Crippen LogP contribution in [-0.2, 0) is 11.3 Å². The summed E-state index contributed by atoms with van der Waals surface area (Å²) in [7, 11) is 1.39. The van der Waals surface area contributed by atoms with E-state index in [4.69, 9.17) is 13.9 Å². The van der Waals surface area contributed by atoms with Gasteiger partial charge in [0.1, 0.15) is 17.4 Å². The minimum atomic E-state index is -0.416. The van der Waals surface area contributed by atoms with Crippen molar-refractivity contribution in [1.82, 2.24) is 10.3 Å². The lowest BCUT2D eigenvalue weighted by Gasteiger charge is -2.23. The lowest BCUT2D eigenvalue weighted by molar-refractivity contribution is 0.0594. The quantitative estimate of drug-likeness (QED) is 0.415. The van der Waals surface area contributed by atoms with E-state index in [1.54, 1.807) is 0 Å². The van der Waals surface area contributed by atoms with Crippen molar-refractivity contribution in [3.63, 3.8) is 0 Å². The Bertz CT molecular complexity index is 1140. The number of rotatable bonds is 8. The van der Waals surface area contributed by atoms with Crippen molar-refractivity contribution < 1.29 is 18.7 Å². The van der Waals surface area contributed by atoms with Crippen molar-refractivity contribution in [2.75, 3.05) is 13.7 Å². The molecule has 0 fully saturated rings. The highest BCUT2D eigenvalue weighted by atomic mass is 16.5. The second kappa shape index (κ2) is 9.45. The van der Waals surface area contributed by atoms with Crippen molar-refractivity contribution >= 4 is 17.1 Å². The van der Waals surface area contributed by atoms with Gasteiger partial charge in [-0.15, -0.1) is 0 Å². The van der Waals surface area contributed by atoms with Crippen LogP contribution in [0.5, 0.6) is 5.75 Å².